The number of oxazole rings is 1. The van der Waals surface area contributed by atoms with Crippen LogP contribution in [-0.2, 0) is 0 Å². The molecule has 0 aliphatic carbocycles. The molecule has 1 aromatic heterocycles. The third kappa shape index (κ3) is 3.78. The van der Waals surface area contributed by atoms with Crippen molar-refractivity contribution < 1.29 is 18.7 Å². The SMILES string of the molecule is COc1ccc(C(=O)Nc2cccc(-c3nc4ccc(C)cc4o3)c2)c(OC)c1. The van der Waals surface area contributed by atoms with Crippen LogP contribution >= 0.6 is 0 Å². The molecule has 0 radical (unpaired) electrons. The van der Waals surface area contributed by atoms with Gasteiger partial charge in [-0.15, -0.1) is 0 Å². The average Bonchev–Trinajstić information content (AvgIpc) is 3.16. The lowest BCUT2D eigenvalue weighted by Gasteiger charge is -2.11. The van der Waals surface area contributed by atoms with Crippen molar-refractivity contribution in [1.29, 1.82) is 0 Å². The quantitative estimate of drug-likeness (QED) is 0.516. The van der Waals surface area contributed by atoms with Crippen LogP contribution in [0.25, 0.3) is 22.6 Å². The van der Waals surface area contributed by atoms with E-state index in [1.54, 1.807) is 25.3 Å². The number of nitrogens with one attached hydrogen (secondary N) is 1. The molecule has 6 nitrogen and oxygen atoms in total. The molecule has 4 rings (SSSR count). The van der Waals surface area contributed by atoms with Gasteiger partial charge in [0.15, 0.2) is 5.58 Å². The minimum absolute atomic E-state index is 0.283. The predicted octanol–water partition coefficient (Wildman–Crippen LogP) is 5.07. The maximum Gasteiger partial charge on any atom is 0.259 e. The molecule has 0 saturated carbocycles. The van der Waals surface area contributed by atoms with Crippen LogP contribution in [0.2, 0.25) is 0 Å². The van der Waals surface area contributed by atoms with Crippen molar-refractivity contribution in [1.82, 2.24) is 4.98 Å². The lowest BCUT2D eigenvalue weighted by molar-refractivity contribution is 0.102. The molecule has 6 heteroatoms. The predicted molar refractivity (Wildman–Crippen MR) is 112 cm³/mol. The summed E-state index contributed by atoms with van der Waals surface area (Å²) in [6.07, 6.45) is 0. The second-order valence-corrected chi connectivity index (χ2v) is 6.59. The van der Waals surface area contributed by atoms with Crippen LogP contribution in [0.4, 0.5) is 5.69 Å². The highest BCUT2D eigenvalue weighted by molar-refractivity contribution is 6.06. The number of carbonyl (C=O) groups excluding carboxylic acids is 1. The number of anilines is 1. The average molecular weight is 388 g/mol. The number of aryl methyl sites for hydroxylation is 1. The van der Waals surface area contributed by atoms with Crippen LogP contribution in [0.3, 0.4) is 0 Å². The monoisotopic (exact) mass is 388 g/mol. The second-order valence-electron chi connectivity index (χ2n) is 6.59. The van der Waals surface area contributed by atoms with Gasteiger partial charge in [-0.25, -0.2) is 4.98 Å². The molecule has 0 fully saturated rings. The Morgan fingerprint density at radius 2 is 1.86 bits per heavy atom. The van der Waals surface area contributed by atoms with E-state index in [0.717, 1.165) is 22.2 Å². The Bertz CT molecular complexity index is 1200. The zero-order valence-corrected chi connectivity index (χ0v) is 16.4. The first-order valence-electron chi connectivity index (χ1n) is 9.08. The summed E-state index contributed by atoms with van der Waals surface area (Å²) in [5, 5.41) is 2.89. The van der Waals surface area contributed by atoms with Gasteiger partial charge in [-0.1, -0.05) is 12.1 Å². The van der Waals surface area contributed by atoms with Crippen LogP contribution in [0.15, 0.2) is 65.1 Å². The number of fused-ring (bicyclic) bond motifs is 1. The normalized spacial score (nSPS) is 10.7. The zero-order chi connectivity index (χ0) is 20.4. The first kappa shape index (κ1) is 18.6. The molecule has 0 spiro atoms. The van der Waals surface area contributed by atoms with Crippen LogP contribution in [0, 0.1) is 6.92 Å². The fraction of sp³-hybridized carbons (Fsp3) is 0.130. The van der Waals surface area contributed by atoms with Gasteiger partial charge in [0.1, 0.15) is 17.0 Å². The number of aromatic nitrogens is 1. The Hall–Kier alpha value is -3.80. The molecule has 0 atom stereocenters. The number of ether oxygens (including phenoxy) is 2. The van der Waals surface area contributed by atoms with Crippen molar-refractivity contribution >= 4 is 22.7 Å². The number of nitrogens with zero attached hydrogens (tertiary/aromatic N) is 1. The highest BCUT2D eigenvalue weighted by Crippen LogP contribution is 2.28. The Morgan fingerprint density at radius 3 is 2.66 bits per heavy atom. The molecule has 0 unspecified atom stereocenters. The highest BCUT2D eigenvalue weighted by Gasteiger charge is 2.15. The van der Waals surface area contributed by atoms with Crippen LogP contribution in [0.1, 0.15) is 15.9 Å². The summed E-state index contributed by atoms with van der Waals surface area (Å²) in [5.74, 6) is 1.28. The minimum Gasteiger partial charge on any atom is -0.497 e. The molecule has 0 aliphatic rings. The van der Waals surface area contributed by atoms with E-state index in [2.05, 4.69) is 10.3 Å². The first-order valence-corrected chi connectivity index (χ1v) is 9.08. The molecule has 146 valence electrons. The summed E-state index contributed by atoms with van der Waals surface area (Å²) in [4.78, 5) is 17.3. The molecule has 1 heterocycles. The Labute approximate surface area is 168 Å². The zero-order valence-electron chi connectivity index (χ0n) is 16.4. The molecule has 0 saturated heterocycles. The van der Waals surface area contributed by atoms with Gasteiger partial charge >= 0.3 is 0 Å². The Morgan fingerprint density at radius 1 is 1.00 bits per heavy atom. The molecule has 4 aromatic rings. The molecule has 0 aliphatic heterocycles. The molecule has 1 N–H and O–H groups in total. The van der Waals surface area contributed by atoms with Gasteiger partial charge in [0, 0.05) is 17.3 Å². The van der Waals surface area contributed by atoms with E-state index in [-0.39, 0.29) is 5.91 Å². The summed E-state index contributed by atoms with van der Waals surface area (Å²) in [7, 11) is 3.08. The maximum atomic E-state index is 12.7. The minimum atomic E-state index is -0.283. The van der Waals surface area contributed by atoms with Gasteiger partial charge in [-0.3, -0.25) is 4.79 Å². The molecule has 0 bridgehead atoms. The third-order valence-electron chi connectivity index (χ3n) is 4.56. The van der Waals surface area contributed by atoms with E-state index in [1.807, 2.05) is 49.4 Å². The van der Waals surface area contributed by atoms with Gasteiger partial charge in [0.25, 0.3) is 5.91 Å². The Kier molecular flexibility index (Phi) is 4.91. The molecule has 1 amide bonds. The van der Waals surface area contributed by atoms with Crippen LogP contribution < -0.4 is 14.8 Å². The highest BCUT2D eigenvalue weighted by atomic mass is 16.5. The number of hydrogen-bond acceptors (Lipinski definition) is 5. The molecular weight excluding hydrogens is 368 g/mol. The van der Waals surface area contributed by atoms with E-state index >= 15 is 0 Å². The number of amides is 1. The van der Waals surface area contributed by atoms with E-state index in [4.69, 9.17) is 13.9 Å². The summed E-state index contributed by atoms with van der Waals surface area (Å²) >= 11 is 0. The van der Waals surface area contributed by atoms with E-state index in [9.17, 15) is 4.79 Å². The maximum absolute atomic E-state index is 12.7. The summed E-state index contributed by atoms with van der Waals surface area (Å²) in [6, 6.07) is 18.3. The smallest absolute Gasteiger partial charge is 0.259 e. The summed E-state index contributed by atoms with van der Waals surface area (Å²) < 4.78 is 16.4. The van der Waals surface area contributed by atoms with Crippen LogP contribution in [0.5, 0.6) is 11.5 Å². The van der Waals surface area contributed by atoms with Crippen molar-refractivity contribution in [2.75, 3.05) is 19.5 Å². The number of methoxy groups -OCH3 is 2. The van der Waals surface area contributed by atoms with Crippen LogP contribution in [-0.4, -0.2) is 25.1 Å². The van der Waals surface area contributed by atoms with Crippen molar-refractivity contribution in [3.8, 4) is 23.0 Å². The Balaban J connectivity index is 1.61. The first-order chi connectivity index (χ1) is 14.1. The van der Waals surface area contributed by atoms with Crippen molar-refractivity contribution in [3.05, 3.63) is 71.8 Å². The molecular formula is C23H20N2O4. The number of carbonyl (C=O) groups is 1. The molecule has 29 heavy (non-hydrogen) atoms. The van der Waals surface area contributed by atoms with Gasteiger partial charge in [-0.05, 0) is 55.0 Å². The van der Waals surface area contributed by atoms with Crippen molar-refractivity contribution in [2.45, 2.75) is 6.92 Å². The third-order valence-corrected chi connectivity index (χ3v) is 4.56. The van der Waals surface area contributed by atoms with E-state index < -0.39 is 0 Å². The number of rotatable bonds is 5. The second kappa shape index (κ2) is 7.67. The number of hydrogen-bond donors (Lipinski definition) is 1. The lowest BCUT2D eigenvalue weighted by Crippen LogP contribution is -2.13. The summed E-state index contributed by atoms with van der Waals surface area (Å²) in [6.45, 7) is 2.01. The number of benzene rings is 3. The lowest BCUT2D eigenvalue weighted by atomic mass is 10.1. The fourth-order valence-electron chi connectivity index (χ4n) is 3.07. The van der Waals surface area contributed by atoms with E-state index in [0.29, 0.717) is 28.6 Å². The van der Waals surface area contributed by atoms with Gasteiger partial charge in [0.2, 0.25) is 5.89 Å². The topological polar surface area (TPSA) is 73.6 Å². The fourth-order valence-corrected chi connectivity index (χ4v) is 3.07. The van der Waals surface area contributed by atoms with Gasteiger partial charge in [-0.2, -0.15) is 0 Å². The summed E-state index contributed by atoms with van der Waals surface area (Å²) in [5.41, 5.74) is 4.45. The molecule has 3 aromatic carbocycles. The standard InChI is InChI=1S/C23H20N2O4/c1-14-7-10-19-21(11-14)29-23(25-19)15-5-4-6-16(12-15)24-22(26)18-9-8-17(27-2)13-20(18)28-3/h4-13H,1-3H3,(H,24,26). The van der Waals surface area contributed by atoms with Crippen molar-refractivity contribution in [2.24, 2.45) is 0 Å². The largest absolute Gasteiger partial charge is 0.497 e. The van der Waals surface area contributed by atoms with Gasteiger partial charge in [0.05, 0.1) is 19.8 Å². The van der Waals surface area contributed by atoms with Crippen molar-refractivity contribution in [3.63, 3.8) is 0 Å². The van der Waals surface area contributed by atoms with E-state index in [1.165, 1.54) is 7.11 Å². The van der Waals surface area contributed by atoms with Gasteiger partial charge < -0.3 is 19.2 Å².